The number of nitrogens with two attached hydrogens (primary N) is 1. The number of hydrogen-bond donors (Lipinski definition) is 2. The Kier molecular flexibility index (Phi) is 7.35. The van der Waals surface area contributed by atoms with Crippen LogP contribution in [0.4, 0.5) is 13.2 Å². The van der Waals surface area contributed by atoms with Crippen molar-refractivity contribution in [2.24, 2.45) is 5.73 Å². The van der Waals surface area contributed by atoms with Gasteiger partial charge in [0, 0.05) is 17.0 Å². The normalized spacial score (nSPS) is 12.3. The van der Waals surface area contributed by atoms with Gasteiger partial charge in [-0.25, -0.2) is 9.97 Å². The molecule has 3 aromatic heterocycles. The Morgan fingerprint density at radius 2 is 1.82 bits per heavy atom. The molecular formula is C24H23F3N6O5. The number of methoxy groups -OCH3 is 3. The van der Waals surface area contributed by atoms with Crippen LogP contribution >= 0.6 is 0 Å². The predicted octanol–water partition coefficient (Wildman–Crippen LogP) is 3.67. The first kappa shape index (κ1) is 26.6. The highest BCUT2D eigenvalue weighted by molar-refractivity contribution is 5.98. The van der Waals surface area contributed by atoms with Crippen LogP contribution in [0.2, 0.25) is 0 Å². The molecule has 0 radical (unpaired) electrons. The minimum absolute atomic E-state index is 0.0235. The van der Waals surface area contributed by atoms with Crippen LogP contribution in [0.1, 0.15) is 40.6 Å². The number of oxazole rings is 1. The minimum atomic E-state index is -4.65. The Labute approximate surface area is 214 Å². The van der Waals surface area contributed by atoms with Crippen LogP contribution in [0.25, 0.3) is 22.4 Å². The van der Waals surface area contributed by atoms with Gasteiger partial charge in [-0.3, -0.25) is 4.79 Å². The van der Waals surface area contributed by atoms with Crippen LogP contribution in [0.5, 0.6) is 17.6 Å². The zero-order valence-electron chi connectivity index (χ0n) is 20.7. The Balaban J connectivity index is 1.71. The summed E-state index contributed by atoms with van der Waals surface area (Å²) in [5, 5.41) is 2.96. The van der Waals surface area contributed by atoms with Crippen molar-refractivity contribution in [3.05, 3.63) is 53.2 Å². The first-order valence-electron chi connectivity index (χ1n) is 11.1. The molecule has 38 heavy (non-hydrogen) atoms. The number of carbonyl (C=O) groups is 1. The minimum Gasteiger partial charge on any atom is -0.494 e. The van der Waals surface area contributed by atoms with Gasteiger partial charge in [0.05, 0.1) is 39.6 Å². The van der Waals surface area contributed by atoms with Gasteiger partial charge < -0.3 is 29.7 Å². The van der Waals surface area contributed by atoms with Gasteiger partial charge in [0.1, 0.15) is 17.0 Å². The maximum atomic E-state index is 13.3. The molecule has 200 valence electrons. The molecule has 3 N–H and O–H groups in total. The van der Waals surface area contributed by atoms with Crippen molar-refractivity contribution in [1.82, 2.24) is 25.3 Å². The number of benzene rings is 1. The second-order valence-electron chi connectivity index (χ2n) is 8.00. The van der Waals surface area contributed by atoms with E-state index in [2.05, 4.69) is 25.3 Å². The van der Waals surface area contributed by atoms with Gasteiger partial charge in [0.15, 0.2) is 11.5 Å². The van der Waals surface area contributed by atoms with Crippen molar-refractivity contribution in [3.8, 4) is 29.1 Å². The van der Waals surface area contributed by atoms with Gasteiger partial charge >= 0.3 is 12.2 Å². The first-order valence-corrected chi connectivity index (χ1v) is 11.1. The summed E-state index contributed by atoms with van der Waals surface area (Å²) in [5.74, 6) is -0.183. The number of nitrogens with zero attached hydrogens (tertiary/aromatic N) is 4. The third-order valence-electron chi connectivity index (χ3n) is 5.40. The van der Waals surface area contributed by atoms with E-state index in [9.17, 15) is 18.0 Å². The summed E-state index contributed by atoms with van der Waals surface area (Å²) in [6, 6.07) is 5.93. The largest absolute Gasteiger partial charge is 0.494 e. The molecule has 0 aliphatic heterocycles. The van der Waals surface area contributed by atoms with Gasteiger partial charge in [-0.2, -0.15) is 23.1 Å². The van der Waals surface area contributed by atoms with E-state index in [0.29, 0.717) is 11.3 Å². The Hall–Kier alpha value is -4.46. The molecule has 3 heterocycles. The fraction of sp³-hybridized carbons (Fsp3) is 0.292. The Bertz CT molecular complexity index is 1470. The van der Waals surface area contributed by atoms with E-state index in [1.165, 1.54) is 39.5 Å². The fourth-order valence-corrected chi connectivity index (χ4v) is 3.61. The van der Waals surface area contributed by atoms with Crippen molar-refractivity contribution in [1.29, 1.82) is 0 Å². The average Bonchev–Trinajstić information content (AvgIpc) is 3.35. The van der Waals surface area contributed by atoms with E-state index in [-0.39, 0.29) is 52.4 Å². The van der Waals surface area contributed by atoms with E-state index in [4.69, 9.17) is 24.4 Å². The number of ether oxygens (including phenoxy) is 3. The third-order valence-corrected chi connectivity index (χ3v) is 5.40. The Morgan fingerprint density at radius 1 is 1.05 bits per heavy atom. The maximum absolute atomic E-state index is 13.3. The number of fused-ring (bicyclic) bond motifs is 1. The number of nitrogens with one attached hydrogen (secondary N) is 1. The van der Waals surface area contributed by atoms with Crippen LogP contribution in [0.3, 0.4) is 0 Å². The predicted molar refractivity (Wildman–Crippen MR) is 128 cm³/mol. The van der Waals surface area contributed by atoms with Crippen LogP contribution in [-0.2, 0) is 12.7 Å². The van der Waals surface area contributed by atoms with Crippen molar-refractivity contribution in [2.45, 2.75) is 25.7 Å². The summed E-state index contributed by atoms with van der Waals surface area (Å²) in [4.78, 5) is 29.3. The number of halogens is 3. The second-order valence-corrected chi connectivity index (χ2v) is 8.00. The number of pyridine rings is 1. The summed E-state index contributed by atoms with van der Waals surface area (Å²) in [6.45, 7) is 1.58. The Morgan fingerprint density at radius 3 is 2.45 bits per heavy atom. The topological polar surface area (TPSA) is 148 Å². The molecule has 1 aromatic carbocycles. The second kappa shape index (κ2) is 10.5. The summed E-state index contributed by atoms with van der Waals surface area (Å²) < 4.78 is 61.0. The molecular weight excluding hydrogens is 509 g/mol. The highest BCUT2D eigenvalue weighted by Gasteiger charge is 2.33. The van der Waals surface area contributed by atoms with E-state index in [1.807, 2.05) is 0 Å². The number of carbonyl (C=O) groups excluding carboxylic acids is 1. The molecule has 0 saturated heterocycles. The molecule has 0 saturated carbocycles. The van der Waals surface area contributed by atoms with Crippen LogP contribution in [0, 0.1) is 0 Å². The summed E-state index contributed by atoms with van der Waals surface area (Å²) in [7, 11) is 4.14. The molecule has 4 aromatic rings. The molecule has 0 unspecified atom stereocenters. The molecule has 0 spiro atoms. The van der Waals surface area contributed by atoms with Gasteiger partial charge in [-0.1, -0.05) is 0 Å². The monoisotopic (exact) mass is 532 g/mol. The van der Waals surface area contributed by atoms with Crippen molar-refractivity contribution < 1.29 is 36.6 Å². The lowest BCUT2D eigenvalue weighted by Gasteiger charge is -2.11. The van der Waals surface area contributed by atoms with E-state index < -0.39 is 23.8 Å². The lowest BCUT2D eigenvalue weighted by Crippen LogP contribution is -2.26. The van der Waals surface area contributed by atoms with Crippen LogP contribution in [-0.4, -0.2) is 47.2 Å². The van der Waals surface area contributed by atoms with E-state index in [0.717, 1.165) is 6.07 Å². The molecule has 0 bridgehead atoms. The number of rotatable bonds is 8. The third kappa shape index (κ3) is 5.29. The first-order chi connectivity index (χ1) is 18.0. The van der Waals surface area contributed by atoms with Crippen LogP contribution < -0.4 is 25.3 Å². The van der Waals surface area contributed by atoms with Crippen LogP contribution in [0.15, 0.2) is 34.7 Å². The van der Waals surface area contributed by atoms with E-state index >= 15 is 0 Å². The molecule has 11 nitrogen and oxygen atoms in total. The summed E-state index contributed by atoms with van der Waals surface area (Å²) in [6.07, 6.45) is -4.65. The molecule has 1 amide bonds. The van der Waals surface area contributed by atoms with E-state index in [1.54, 1.807) is 13.0 Å². The molecule has 4 rings (SSSR count). The molecule has 1 atom stereocenters. The van der Waals surface area contributed by atoms with Crippen molar-refractivity contribution >= 4 is 16.8 Å². The fourth-order valence-electron chi connectivity index (χ4n) is 3.61. The number of aromatic nitrogens is 4. The SMILES string of the molecule is COc1cc(CNC(=O)c2nc(-c3ccc(OC)c4nc(C(F)(F)F)ccc34)oc2[C@H](C)N)nc(OC)n1. The lowest BCUT2D eigenvalue weighted by molar-refractivity contribution is -0.140. The number of hydrogen-bond acceptors (Lipinski definition) is 10. The summed E-state index contributed by atoms with van der Waals surface area (Å²) >= 11 is 0. The maximum Gasteiger partial charge on any atom is 0.433 e. The zero-order chi connectivity index (χ0) is 27.6. The quantitative estimate of drug-likeness (QED) is 0.344. The summed E-state index contributed by atoms with van der Waals surface area (Å²) in [5.41, 5.74) is 5.52. The number of alkyl halides is 3. The van der Waals surface area contributed by atoms with Gasteiger partial charge in [-0.05, 0) is 31.2 Å². The van der Waals surface area contributed by atoms with Crippen molar-refractivity contribution in [2.75, 3.05) is 21.3 Å². The molecule has 0 aliphatic rings. The smallest absolute Gasteiger partial charge is 0.433 e. The molecule has 0 fully saturated rings. The molecule has 14 heteroatoms. The molecule has 0 aliphatic carbocycles. The zero-order valence-corrected chi connectivity index (χ0v) is 20.7. The van der Waals surface area contributed by atoms with Crippen molar-refractivity contribution in [3.63, 3.8) is 0 Å². The average molecular weight is 532 g/mol. The highest BCUT2D eigenvalue weighted by Crippen LogP contribution is 2.37. The standard InChI is InChI=1S/C24H23F3N6O5/c1-11(28)20-19(21(34)29-10-12-9-17(36-3)32-23(30-12)37-4)33-22(38-20)14-5-7-15(35-2)18-13(14)6-8-16(31-18)24(25,26)27/h5-9,11H,10,28H2,1-4H3,(H,29,34)/t11-/m0/s1. The van der Waals surface area contributed by atoms with Gasteiger partial charge in [0.25, 0.3) is 5.91 Å². The lowest BCUT2D eigenvalue weighted by atomic mass is 10.1. The van der Waals surface area contributed by atoms with Gasteiger partial charge in [-0.15, -0.1) is 0 Å². The highest BCUT2D eigenvalue weighted by atomic mass is 19.4. The number of amides is 1. The van der Waals surface area contributed by atoms with Gasteiger partial charge in [0.2, 0.25) is 11.8 Å².